The van der Waals surface area contributed by atoms with Gasteiger partial charge in [-0.05, 0) is 144 Å². The van der Waals surface area contributed by atoms with E-state index in [1.807, 2.05) is 0 Å². The second-order valence-corrected chi connectivity index (χ2v) is 13.8. The van der Waals surface area contributed by atoms with E-state index in [4.69, 9.17) is 14.2 Å². The fraction of sp³-hybridized carbons (Fsp3) is 0.829. The van der Waals surface area contributed by atoms with E-state index in [1.54, 1.807) is 6.92 Å². The predicted octanol–water partition coefficient (Wildman–Crippen LogP) is 9.76. The topological polar surface area (TPSA) is 27.7 Å². The largest absolute Gasteiger partial charge is 0.491 e. The maximum atomic E-state index is 14.3. The Morgan fingerprint density at radius 2 is 1.12 bits per heavy atom. The van der Waals surface area contributed by atoms with Gasteiger partial charge in [-0.25, -0.2) is 0 Å². The molecule has 0 N–H and O–H groups in total. The molecule has 4 atom stereocenters. The average Bonchev–Trinajstić information content (AvgIpc) is 2.99. The molecular weight excluding hydrogens is 506 g/mol. The molecule has 4 unspecified atom stereocenters. The quantitative estimate of drug-likeness (QED) is 0.270. The van der Waals surface area contributed by atoms with Gasteiger partial charge in [0.2, 0.25) is 11.6 Å². The summed E-state index contributed by atoms with van der Waals surface area (Å²) in [5.41, 5.74) is 0. The second-order valence-electron chi connectivity index (χ2n) is 13.8. The molecule has 3 nitrogen and oxygen atoms in total. The molecule has 4 aliphatic carbocycles. The van der Waals surface area contributed by atoms with Crippen LogP contribution >= 0.6 is 0 Å². The van der Waals surface area contributed by atoms with E-state index in [0.717, 1.165) is 61.9 Å². The first-order valence-corrected chi connectivity index (χ1v) is 16.9. The minimum absolute atomic E-state index is 0.0191. The van der Waals surface area contributed by atoms with E-state index in [2.05, 4.69) is 6.92 Å². The van der Waals surface area contributed by atoms with Gasteiger partial charge in [0.05, 0.1) is 19.3 Å². The normalized spacial score (nSPS) is 34.7. The molecule has 0 radical (unpaired) electrons. The molecule has 1 aromatic carbocycles. The maximum Gasteiger partial charge on any atom is 0.204 e. The van der Waals surface area contributed by atoms with E-state index in [9.17, 15) is 8.78 Å². The molecule has 0 saturated heterocycles. The molecule has 4 aliphatic rings. The first-order valence-electron chi connectivity index (χ1n) is 16.9. The van der Waals surface area contributed by atoms with Crippen molar-refractivity contribution in [2.45, 2.75) is 123 Å². The Morgan fingerprint density at radius 1 is 0.600 bits per heavy atom. The van der Waals surface area contributed by atoms with Crippen LogP contribution in [0.2, 0.25) is 0 Å². The Hall–Kier alpha value is -1.36. The second kappa shape index (κ2) is 14.7. The van der Waals surface area contributed by atoms with Gasteiger partial charge in [-0.15, -0.1) is 0 Å². The van der Waals surface area contributed by atoms with Gasteiger partial charge >= 0.3 is 0 Å². The highest BCUT2D eigenvalue weighted by atomic mass is 19.2. The molecule has 5 heteroatoms. The predicted molar refractivity (Wildman–Crippen MR) is 157 cm³/mol. The summed E-state index contributed by atoms with van der Waals surface area (Å²) in [4.78, 5) is 0. The average molecular weight is 561 g/mol. The first-order chi connectivity index (χ1) is 19.5. The minimum Gasteiger partial charge on any atom is -0.491 e. The number of halogens is 2. The molecule has 0 spiro atoms. The van der Waals surface area contributed by atoms with E-state index in [0.29, 0.717) is 31.2 Å². The van der Waals surface area contributed by atoms with E-state index >= 15 is 0 Å². The van der Waals surface area contributed by atoms with Crippen molar-refractivity contribution < 1.29 is 23.0 Å². The van der Waals surface area contributed by atoms with Crippen LogP contribution in [0.5, 0.6) is 11.5 Å². The first kappa shape index (κ1) is 30.1. The summed E-state index contributed by atoms with van der Waals surface area (Å²) in [7, 11) is 0. The zero-order chi connectivity index (χ0) is 27.9. The molecule has 0 amide bonds. The highest BCUT2D eigenvalue weighted by molar-refractivity contribution is 5.35. The van der Waals surface area contributed by atoms with Gasteiger partial charge in [0.1, 0.15) is 0 Å². The Labute approximate surface area is 242 Å². The highest BCUT2D eigenvalue weighted by Crippen LogP contribution is 2.49. The Bertz CT molecular complexity index is 906. The third-order valence-electron chi connectivity index (χ3n) is 11.2. The van der Waals surface area contributed by atoms with Crippen LogP contribution in [0.4, 0.5) is 8.78 Å². The number of hydrogen-bond acceptors (Lipinski definition) is 3. The summed E-state index contributed by atoms with van der Waals surface area (Å²) < 4.78 is 45.7. The van der Waals surface area contributed by atoms with Gasteiger partial charge in [0.15, 0.2) is 11.5 Å². The van der Waals surface area contributed by atoms with Crippen molar-refractivity contribution in [1.82, 2.24) is 0 Å². The number of benzene rings is 1. The van der Waals surface area contributed by atoms with Gasteiger partial charge in [-0.2, -0.15) is 8.78 Å². The molecule has 0 aliphatic heterocycles. The van der Waals surface area contributed by atoms with Crippen LogP contribution in [-0.4, -0.2) is 25.9 Å². The van der Waals surface area contributed by atoms with E-state index in [-0.39, 0.29) is 11.5 Å². The lowest BCUT2D eigenvalue weighted by Crippen LogP contribution is -2.35. The number of ether oxygens (including phenoxy) is 3. The van der Waals surface area contributed by atoms with Crippen molar-refractivity contribution in [2.24, 2.45) is 41.4 Å². The van der Waals surface area contributed by atoms with Gasteiger partial charge in [-0.1, -0.05) is 26.2 Å². The van der Waals surface area contributed by atoms with Crippen LogP contribution in [0.15, 0.2) is 12.1 Å². The fourth-order valence-corrected chi connectivity index (χ4v) is 8.79. The maximum absolute atomic E-state index is 14.3. The third-order valence-corrected chi connectivity index (χ3v) is 11.2. The summed E-state index contributed by atoms with van der Waals surface area (Å²) in [5, 5.41) is 0. The smallest absolute Gasteiger partial charge is 0.204 e. The molecule has 5 rings (SSSR count). The van der Waals surface area contributed by atoms with Crippen LogP contribution in [0.25, 0.3) is 0 Å². The van der Waals surface area contributed by atoms with Crippen LogP contribution in [0.1, 0.15) is 117 Å². The van der Waals surface area contributed by atoms with Crippen molar-refractivity contribution in [1.29, 1.82) is 0 Å². The molecular formula is C35H54F2O3. The van der Waals surface area contributed by atoms with Crippen LogP contribution in [-0.2, 0) is 4.74 Å². The van der Waals surface area contributed by atoms with Crippen molar-refractivity contribution in [2.75, 3.05) is 19.8 Å². The van der Waals surface area contributed by atoms with Gasteiger partial charge in [0.25, 0.3) is 0 Å². The Kier molecular flexibility index (Phi) is 11.1. The molecule has 4 saturated carbocycles. The molecule has 40 heavy (non-hydrogen) atoms. The van der Waals surface area contributed by atoms with Crippen molar-refractivity contribution in [3.05, 3.63) is 23.8 Å². The summed E-state index contributed by atoms with van der Waals surface area (Å²) >= 11 is 0. The van der Waals surface area contributed by atoms with Crippen molar-refractivity contribution in [3.8, 4) is 11.5 Å². The summed E-state index contributed by atoms with van der Waals surface area (Å²) in [6.45, 7) is 5.71. The number of rotatable bonds is 11. The summed E-state index contributed by atoms with van der Waals surface area (Å²) in [5.74, 6) is 4.02. The van der Waals surface area contributed by atoms with Gasteiger partial charge < -0.3 is 14.2 Å². The minimum atomic E-state index is -0.966. The molecule has 0 heterocycles. The molecule has 0 aromatic heterocycles. The van der Waals surface area contributed by atoms with Gasteiger partial charge in [0, 0.05) is 6.61 Å². The monoisotopic (exact) mass is 560 g/mol. The molecule has 4 fully saturated rings. The molecule has 1 aromatic rings. The molecule has 0 bridgehead atoms. The van der Waals surface area contributed by atoms with Crippen LogP contribution < -0.4 is 9.47 Å². The standard InChI is InChI=1S/C35H54F2O3/c1-3-5-24-10-11-30-21-29(13-12-28(30)20-24)27-14-16-31(17-15-27)39-22-25-6-8-26(9-7-25)23-40-33-19-18-32(38-4-2)34(36)35(33)37/h18-19,24-31H,3-17,20-23H2,1-2H3. The SMILES string of the molecule is CCCC1CCC2CC(C3CCC(OCC4CCC(COc5ccc(OCC)c(F)c5F)CC4)CC3)CCC2C1. The van der Waals surface area contributed by atoms with Crippen LogP contribution in [0.3, 0.4) is 0 Å². The lowest BCUT2D eigenvalue weighted by Gasteiger charge is -2.45. The van der Waals surface area contributed by atoms with E-state index < -0.39 is 11.6 Å². The Balaban J connectivity index is 0.956. The summed E-state index contributed by atoms with van der Waals surface area (Å²) in [6, 6.07) is 2.92. The lowest BCUT2D eigenvalue weighted by molar-refractivity contribution is -0.0223. The lowest BCUT2D eigenvalue weighted by atomic mass is 9.61. The van der Waals surface area contributed by atoms with Gasteiger partial charge in [-0.3, -0.25) is 0 Å². The van der Waals surface area contributed by atoms with Crippen LogP contribution in [0, 0.1) is 53.1 Å². The Morgan fingerprint density at radius 3 is 1.77 bits per heavy atom. The fourth-order valence-electron chi connectivity index (χ4n) is 8.79. The van der Waals surface area contributed by atoms with Crippen molar-refractivity contribution in [3.63, 3.8) is 0 Å². The molecule has 226 valence electrons. The highest BCUT2D eigenvalue weighted by Gasteiger charge is 2.38. The zero-order valence-electron chi connectivity index (χ0n) is 25.2. The van der Waals surface area contributed by atoms with Crippen molar-refractivity contribution >= 4 is 0 Å². The number of fused-ring (bicyclic) bond motifs is 1. The zero-order valence-corrected chi connectivity index (χ0v) is 25.2. The summed E-state index contributed by atoms with van der Waals surface area (Å²) in [6.07, 6.45) is 22.0. The third kappa shape index (κ3) is 7.72. The number of hydrogen-bond donors (Lipinski definition) is 0. The van der Waals surface area contributed by atoms with E-state index in [1.165, 1.54) is 89.2 Å².